The van der Waals surface area contributed by atoms with Crippen molar-refractivity contribution >= 4 is 44.9 Å². The highest BCUT2D eigenvalue weighted by Crippen LogP contribution is 2.31. The zero-order chi connectivity index (χ0) is 25.1. The first-order valence-electron chi connectivity index (χ1n) is 11.4. The van der Waals surface area contributed by atoms with Crippen LogP contribution in [0.4, 0.5) is 5.69 Å². The predicted molar refractivity (Wildman–Crippen MR) is 146 cm³/mol. The fourth-order valence-corrected chi connectivity index (χ4v) is 5.53. The number of hydrogen-bond donors (Lipinski definition) is 1. The van der Waals surface area contributed by atoms with Gasteiger partial charge in [-0.25, -0.2) is 4.98 Å². The lowest BCUT2D eigenvalue weighted by Crippen LogP contribution is -2.14. The van der Waals surface area contributed by atoms with Crippen LogP contribution in [0.25, 0.3) is 20.8 Å². The van der Waals surface area contributed by atoms with Crippen molar-refractivity contribution in [3.63, 3.8) is 0 Å². The minimum atomic E-state index is -0.0945. The number of carbonyl (C=O) groups excluding carboxylic acids is 1. The quantitative estimate of drug-likeness (QED) is 0.266. The van der Waals surface area contributed by atoms with E-state index in [4.69, 9.17) is 9.72 Å². The highest BCUT2D eigenvalue weighted by molar-refractivity contribution is 7.99. The van der Waals surface area contributed by atoms with Gasteiger partial charge in [-0.3, -0.25) is 4.79 Å². The molecule has 0 spiro atoms. The van der Waals surface area contributed by atoms with Crippen molar-refractivity contribution in [2.24, 2.45) is 7.05 Å². The number of fused-ring (bicyclic) bond motifs is 1. The molecule has 0 aliphatic carbocycles. The summed E-state index contributed by atoms with van der Waals surface area (Å²) in [7, 11) is 3.57. The lowest BCUT2D eigenvalue weighted by molar-refractivity contribution is -0.113. The van der Waals surface area contributed by atoms with E-state index in [0.29, 0.717) is 11.6 Å². The normalized spacial score (nSPS) is 11.1. The Morgan fingerprint density at radius 3 is 2.58 bits per heavy atom. The van der Waals surface area contributed by atoms with Crippen LogP contribution >= 0.6 is 23.1 Å². The molecule has 5 aromatic rings. The minimum absolute atomic E-state index is 0.0945. The Hall–Kier alpha value is -3.69. The molecule has 0 unspecified atom stereocenters. The van der Waals surface area contributed by atoms with Crippen LogP contribution in [0.15, 0.2) is 71.9 Å². The SMILES string of the molecule is COc1ccc(Cc2nnc(SCC(=O)Nc3ccc(-c4nc5ccc(C)cc5s4)cc3)n2C)cc1. The van der Waals surface area contributed by atoms with E-state index in [2.05, 4.69) is 40.6 Å². The number of methoxy groups -OCH3 is 1. The van der Waals surface area contributed by atoms with E-state index in [1.807, 2.05) is 60.1 Å². The van der Waals surface area contributed by atoms with E-state index in [0.717, 1.165) is 38.9 Å². The Labute approximate surface area is 217 Å². The van der Waals surface area contributed by atoms with E-state index in [9.17, 15) is 4.79 Å². The number of carbonyl (C=O) groups is 1. The van der Waals surface area contributed by atoms with Gasteiger partial charge in [0, 0.05) is 24.7 Å². The number of aromatic nitrogens is 4. The van der Waals surface area contributed by atoms with Gasteiger partial charge in [0.1, 0.15) is 16.6 Å². The number of anilines is 1. The molecule has 0 saturated heterocycles. The highest BCUT2D eigenvalue weighted by Gasteiger charge is 2.13. The van der Waals surface area contributed by atoms with Gasteiger partial charge < -0.3 is 14.6 Å². The van der Waals surface area contributed by atoms with Crippen LogP contribution in [0.1, 0.15) is 17.0 Å². The Bertz CT molecular complexity index is 1510. The van der Waals surface area contributed by atoms with Gasteiger partial charge >= 0.3 is 0 Å². The van der Waals surface area contributed by atoms with Crippen LogP contribution in [0.3, 0.4) is 0 Å². The molecule has 1 N–H and O–H groups in total. The predicted octanol–water partition coefficient (Wildman–Crippen LogP) is 5.73. The van der Waals surface area contributed by atoms with Crippen molar-refractivity contribution in [2.75, 3.05) is 18.2 Å². The van der Waals surface area contributed by atoms with E-state index in [1.54, 1.807) is 18.4 Å². The first-order valence-corrected chi connectivity index (χ1v) is 13.2. The van der Waals surface area contributed by atoms with Gasteiger partial charge in [0.2, 0.25) is 5.91 Å². The molecule has 36 heavy (non-hydrogen) atoms. The summed E-state index contributed by atoms with van der Waals surface area (Å²) in [6.45, 7) is 2.08. The van der Waals surface area contributed by atoms with Crippen LogP contribution in [-0.4, -0.2) is 38.5 Å². The molecule has 0 fully saturated rings. The summed E-state index contributed by atoms with van der Waals surface area (Å²) in [5, 5.41) is 13.2. The molecule has 0 aliphatic heterocycles. The molecule has 3 aromatic carbocycles. The summed E-state index contributed by atoms with van der Waals surface area (Å²) in [4.78, 5) is 17.3. The molecule has 0 saturated carbocycles. The lowest BCUT2D eigenvalue weighted by atomic mass is 10.1. The fourth-order valence-electron chi connectivity index (χ4n) is 3.73. The van der Waals surface area contributed by atoms with E-state index in [1.165, 1.54) is 22.0 Å². The maximum atomic E-state index is 12.5. The smallest absolute Gasteiger partial charge is 0.234 e. The van der Waals surface area contributed by atoms with Crippen molar-refractivity contribution in [3.8, 4) is 16.3 Å². The summed E-state index contributed by atoms with van der Waals surface area (Å²) in [5.41, 5.74) is 5.13. The number of rotatable bonds is 8. The topological polar surface area (TPSA) is 81.9 Å². The van der Waals surface area contributed by atoms with Crippen molar-refractivity contribution in [3.05, 3.63) is 83.7 Å². The summed E-state index contributed by atoms with van der Waals surface area (Å²) < 4.78 is 8.31. The maximum absolute atomic E-state index is 12.5. The van der Waals surface area contributed by atoms with Gasteiger partial charge in [0.05, 0.1) is 23.1 Å². The number of benzene rings is 3. The Morgan fingerprint density at radius 1 is 1.06 bits per heavy atom. The number of hydrogen-bond acceptors (Lipinski definition) is 7. The maximum Gasteiger partial charge on any atom is 0.234 e. The summed E-state index contributed by atoms with van der Waals surface area (Å²) >= 11 is 3.04. The Kier molecular flexibility index (Phi) is 7.02. The van der Waals surface area contributed by atoms with Gasteiger partial charge in [-0.05, 0) is 66.6 Å². The molecular formula is C27H25N5O2S2. The standard InChI is InChI=1S/C27H25N5O2S2/c1-17-4-13-22-23(14-17)36-26(29-22)19-7-9-20(10-8-19)28-25(33)16-35-27-31-30-24(32(27)2)15-18-5-11-21(34-3)12-6-18/h4-14H,15-16H2,1-3H3,(H,28,33). The zero-order valence-electron chi connectivity index (χ0n) is 20.2. The van der Waals surface area contributed by atoms with Gasteiger partial charge in [-0.2, -0.15) is 0 Å². The Balaban J connectivity index is 1.17. The third kappa shape index (κ3) is 5.42. The second-order valence-corrected chi connectivity index (χ2v) is 10.4. The van der Waals surface area contributed by atoms with E-state index >= 15 is 0 Å². The highest BCUT2D eigenvalue weighted by atomic mass is 32.2. The molecule has 5 rings (SSSR count). The number of nitrogens with zero attached hydrogens (tertiary/aromatic N) is 4. The molecule has 0 aliphatic rings. The van der Waals surface area contributed by atoms with Crippen LogP contribution < -0.4 is 10.1 Å². The number of thiazole rings is 1. The average molecular weight is 516 g/mol. The monoisotopic (exact) mass is 515 g/mol. The number of thioether (sulfide) groups is 1. The van der Waals surface area contributed by atoms with Crippen LogP contribution in [0.5, 0.6) is 5.75 Å². The second kappa shape index (κ2) is 10.5. The minimum Gasteiger partial charge on any atom is -0.497 e. The van der Waals surface area contributed by atoms with E-state index in [-0.39, 0.29) is 11.7 Å². The fraction of sp³-hybridized carbons (Fsp3) is 0.185. The number of nitrogens with one attached hydrogen (secondary N) is 1. The number of aryl methyl sites for hydroxylation is 1. The lowest BCUT2D eigenvalue weighted by Gasteiger charge is -2.07. The molecule has 0 atom stereocenters. The molecular weight excluding hydrogens is 490 g/mol. The van der Waals surface area contributed by atoms with Crippen molar-refractivity contribution in [1.82, 2.24) is 19.7 Å². The average Bonchev–Trinajstić information content (AvgIpc) is 3.46. The van der Waals surface area contributed by atoms with Crippen molar-refractivity contribution < 1.29 is 9.53 Å². The van der Waals surface area contributed by atoms with Gasteiger partial charge in [-0.1, -0.05) is 30.0 Å². The molecule has 7 nitrogen and oxygen atoms in total. The first kappa shape index (κ1) is 24.0. The second-order valence-electron chi connectivity index (χ2n) is 8.39. The van der Waals surface area contributed by atoms with Crippen LogP contribution in [-0.2, 0) is 18.3 Å². The summed E-state index contributed by atoms with van der Waals surface area (Å²) in [5.74, 6) is 1.81. The van der Waals surface area contributed by atoms with Crippen molar-refractivity contribution in [2.45, 2.75) is 18.5 Å². The molecule has 0 radical (unpaired) electrons. The number of amides is 1. The van der Waals surface area contributed by atoms with Crippen molar-refractivity contribution in [1.29, 1.82) is 0 Å². The zero-order valence-corrected chi connectivity index (χ0v) is 21.8. The molecule has 9 heteroatoms. The molecule has 0 bridgehead atoms. The van der Waals surface area contributed by atoms with Gasteiger partial charge in [0.25, 0.3) is 0 Å². The van der Waals surface area contributed by atoms with Crippen LogP contribution in [0.2, 0.25) is 0 Å². The van der Waals surface area contributed by atoms with E-state index < -0.39 is 0 Å². The summed E-state index contributed by atoms with van der Waals surface area (Å²) in [6.07, 6.45) is 0.654. The molecule has 2 heterocycles. The third-order valence-electron chi connectivity index (χ3n) is 5.74. The Morgan fingerprint density at radius 2 is 1.83 bits per heavy atom. The van der Waals surface area contributed by atoms with Gasteiger partial charge in [0.15, 0.2) is 5.16 Å². The number of ether oxygens (including phenoxy) is 1. The largest absolute Gasteiger partial charge is 0.497 e. The first-order chi connectivity index (χ1) is 17.5. The molecule has 2 aromatic heterocycles. The third-order valence-corrected chi connectivity index (χ3v) is 7.83. The van der Waals surface area contributed by atoms with Crippen LogP contribution in [0, 0.1) is 6.92 Å². The molecule has 182 valence electrons. The summed E-state index contributed by atoms with van der Waals surface area (Å²) in [6, 6.07) is 21.9. The molecule has 1 amide bonds. The van der Waals surface area contributed by atoms with Gasteiger partial charge in [-0.15, -0.1) is 21.5 Å².